The van der Waals surface area contributed by atoms with Crippen LogP contribution in [0.3, 0.4) is 0 Å². The van der Waals surface area contributed by atoms with Gasteiger partial charge in [0.2, 0.25) is 0 Å². The van der Waals surface area contributed by atoms with Crippen molar-refractivity contribution < 1.29 is 8.78 Å². The minimum atomic E-state index is -0.517. The van der Waals surface area contributed by atoms with Crippen LogP contribution in [0.25, 0.3) is 6.08 Å². The number of allylic oxidation sites excluding steroid dienone is 1. The molecule has 0 aliphatic heterocycles. The second kappa shape index (κ2) is 9.28. The molecule has 148 valence electrons. The lowest BCUT2D eigenvalue weighted by Crippen LogP contribution is -2.35. The van der Waals surface area contributed by atoms with Crippen molar-refractivity contribution in [3.05, 3.63) is 77.5 Å². The molecule has 0 fully saturated rings. The van der Waals surface area contributed by atoms with Gasteiger partial charge in [-0.3, -0.25) is 0 Å². The Bertz CT molecular complexity index is 886. The van der Waals surface area contributed by atoms with Crippen molar-refractivity contribution in [1.29, 1.82) is 5.41 Å². The number of rotatable bonds is 8. The lowest BCUT2D eigenvalue weighted by Gasteiger charge is -2.24. The molecule has 2 rings (SSSR count). The SMILES string of the molecule is C=C(Nc1cc(C(=N)/C=C/c2ccc(F)cc2)c(N)cc1F)C(NC)C(C)C. The third kappa shape index (κ3) is 5.27. The summed E-state index contributed by atoms with van der Waals surface area (Å²) in [6.07, 6.45) is 3.21. The van der Waals surface area contributed by atoms with Crippen molar-refractivity contribution >= 4 is 23.2 Å². The van der Waals surface area contributed by atoms with E-state index in [0.29, 0.717) is 11.3 Å². The van der Waals surface area contributed by atoms with Crippen LogP contribution in [0.4, 0.5) is 20.2 Å². The Morgan fingerprint density at radius 2 is 1.82 bits per heavy atom. The molecule has 0 aliphatic carbocycles. The second-order valence-electron chi connectivity index (χ2n) is 6.88. The lowest BCUT2D eigenvalue weighted by molar-refractivity contribution is 0.481. The molecule has 0 spiro atoms. The number of halogens is 2. The molecular weight excluding hydrogens is 358 g/mol. The quantitative estimate of drug-likeness (QED) is 0.390. The lowest BCUT2D eigenvalue weighted by atomic mass is 10.0. The Hall–Kier alpha value is -2.99. The minimum absolute atomic E-state index is 0.0433. The van der Waals surface area contributed by atoms with Crippen LogP contribution in [-0.4, -0.2) is 18.8 Å². The van der Waals surface area contributed by atoms with Gasteiger partial charge in [-0.05, 0) is 48.9 Å². The van der Waals surface area contributed by atoms with E-state index in [-0.39, 0.29) is 34.9 Å². The van der Waals surface area contributed by atoms with Crippen molar-refractivity contribution in [1.82, 2.24) is 5.32 Å². The third-order valence-electron chi connectivity index (χ3n) is 4.39. The zero-order valence-corrected chi connectivity index (χ0v) is 16.3. The van der Waals surface area contributed by atoms with Gasteiger partial charge in [-0.2, -0.15) is 0 Å². The predicted molar refractivity (Wildman–Crippen MR) is 114 cm³/mol. The molecule has 0 radical (unpaired) electrons. The summed E-state index contributed by atoms with van der Waals surface area (Å²) in [7, 11) is 1.82. The molecule has 2 aromatic carbocycles. The van der Waals surface area contributed by atoms with Crippen LogP contribution in [0.1, 0.15) is 25.0 Å². The van der Waals surface area contributed by atoms with Crippen LogP contribution in [0, 0.1) is 23.0 Å². The molecule has 1 atom stereocenters. The first kappa shape index (κ1) is 21.3. The highest BCUT2D eigenvalue weighted by Gasteiger charge is 2.17. The Morgan fingerprint density at radius 3 is 2.39 bits per heavy atom. The van der Waals surface area contributed by atoms with Gasteiger partial charge in [-0.15, -0.1) is 0 Å². The van der Waals surface area contributed by atoms with E-state index in [1.165, 1.54) is 24.3 Å². The summed E-state index contributed by atoms with van der Waals surface area (Å²) in [5, 5.41) is 14.4. The molecule has 28 heavy (non-hydrogen) atoms. The van der Waals surface area contributed by atoms with E-state index in [4.69, 9.17) is 11.1 Å². The fraction of sp³-hybridized carbons (Fsp3) is 0.227. The Labute approximate surface area is 164 Å². The second-order valence-corrected chi connectivity index (χ2v) is 6.88. The summed E-state index contributed by atoms with van der Waals surface area (Å²) in [6.45, 7) is 8.07. The van der Waals surface area contributed by atoms with Crippen LogP contribution < -0.4 is 16.4 Å². The largest absolute Gasteiger partial charge is 0.398 e. The number of hydrogen-bond acceptors (Lipinski definition) is 4. The van der Waals surface area contributed by atoms with Crippen molar-refractivity contribution in [2.24, 2.45) is 5.92 Å². The van der Waals surface area contributed by atoms with Gasteiger partial charge < -0.3 is 21.8 Å². The average Bonchev–Trinajstić information content (AvgIpc) is 2.63. The molecule has 5 N–H and O–H groups in total. The van der Waals surface area contributed by atoms with Gasteiger partial charge in [-0.25, -0.2) is 8.78 Å². The maximum absolute atomic E-state index is 14.4. The highest BCUT2D eigenvalue weighted by atomic mass is 19.1. The number of hydrogen-bond donors (Lipinski definition) is 4. The Kier molecular flexibility index (Phi) is 7.06. The summed E-state index contributed by atoms with van der Waals surface area (Å²) < 4.78 is 27.4. The van der Waals surface area contributed by atoms with Crippen molar-refractivity contribution in [3.8, 4) is 0 Å². The summed E-state index contributed by atoms with van der Waals surface area (Å²) in [6, 6.07) is 8.54. The molecule has 2 aromatic rings. The van der Waals surface area contributed by atoms with Gasteiger partial charge in [0, 0.05) is 23.0 Å². The molecule has 0 aliphatic rings. The van der Waals surface area contributed by atoms with Crippen molar-refractivity contribution in [2.75, 3.05) is 18.1 Å². The first-order valence-electron chi connectivity index (χ1n) is 8.97. The highest BCUT2D eigenvalue weighted by molar-refractivity contribution is 6.12. The first-order valence-corrected chi connectivity index (χ1v) is 8.97. The van der Waals surface area contributed by atoms with E-state index in [1.807, 2.05) is 20.9 Å². The number of benzene rings is 2. The normalized spacial score (nSPS) is 12.4. The fourth-order valence-corrected chi connectivity index (χ4v) is 2.92. The molecule has 0 heterocycles. The summed E-state index contributed by atoms with van der Waals surface area (Å²) in [5.41, 5.74) is 8.16. The summed E-state index contributed by atoms with van der Waals surface area (Å²) >= 11 is 0. The smallest absolute Gasteiger partial charge is 0.148 e. The number of nitrogen functional groups attached to an aromatic ring is 1. The van der Waals surface area contributed by atoms with E-state index in [0.717, 1.165) is 5.56 Å². The molecule has 0 saturated carbocycles. The van der Waals surface area contributed by atoms with Gasteiger partial charge in [0.05, 0.1) is 11.4 Å². The van der Waals surface area contributed by atoms with Crippen molar-refractivity contribution in [3.63, 3.8) is 0 Å². The van der Waals surface area contributed by atoms with Crippen LogP contribution in [-0.2, 0) is 0 Å². The van der Waals surface area contributed by atoms with E-state index >= 15 is 0 Å². The Morgan fingerprint density at radius 1 is 1.18 bits per heavy atom. The van der Waals surface area contributed by atoms with Crippen LogP contribution in [0.2, 0.25) is 0 Å². The highest BCUT2D eigenvalue weighted by Crippen LogP contribution is 2.25. The number of nitrogens with one attached hydrogen (secondary N) is 3. The van der Waals surface area contributed by atoms with Crippen LogP contribution in [0.5, 0.6) is 0 Å². The summed E-state index contributed by atoms with van der Waals surface area (Å²) in [5.74, 6) is -0.582. The number of likely N-dealkylation sites (N-methyl/N-ethyl adjacent to an activating group) is 1. The number of nitrogens with two attached hydrogens (primary N) is 1. The minimum Gasteiger partial charge on any atom is -0.398 e. The number of anilines is 2. The monoisotopic (exact) mass is 384 g/mol. The first-order chi connectivity index (χ1) is 13.2. The van der Waals surface area contributed by atoms with Crippen LogP contribution >= 0.6 is 0 Å². The van der Waals surface area contributed by atoms with Crippen LogP contribution in [0.15, 0.2) is 54.8 Å². The van der Waals surface area contributed by atoms with Gasteiger partial charge in [0.25, 0.3) is 0 Å². The van der Waals surface area contributed by atoms with E-state index in [9.17, 15) is 8.78 Å². The zero-order chi connectivity index (χ0) is 20.8. The third-order valence-corrected chi connectivity index (χ3v) is 4.39. The molecule has 6 heteroatoms. The van der Waals surface area contributed by atoms with E-state index < -0.39 is 5.82 Å². The summed E-state index contributed by atoms with van der Waals surface area (Å²) in [4.78, 5) is 0. The Balaban J connectivity index is 2.25. The molecule has 0 aromatic heterocycles. The van der Waals surface area contributed by atoms with Crippen molar-refractivity contribution in [2.45, 2.75) is 19.9 Å². The molecular formula is C22H26F2N4. The predicted octanol–water partition coefficient (Wildman–Crippen LogP) is 4.80. The average molecular weight is 384 g/mol. The maximum Gasteiger partial charge on any atom is 0.148 e. The molecule has 0 amide bonds. The van der Waals surface area contributed by atoms with Gasteiger partial charge >= 0.3 is 0 Å². The molecule has 0 saturated heterocycles. The molecule has 4 nitrogen and oxygen atoms in total. The van der Waals surface area contributed by atoms with Gasteiger partial charge in [0.15, 0.2) is 0 Å². The molecule has 0 bridgehead atoms. The zero-order valence-electron chi connectivity index (χ0n) is 16.3. The topological polar surface area (TPSA) is 73.9 Å². The van der Waals surface area contributed by atoms with Gasteiger partial charge in [-0.1, -0.05) is 38.6 Å². The fourth-order valence-electron chi connectivity index (χ4n) is 2.92. The van der Waals surface area contributed by atoms with Gasteiger partial charge in [0.1, 0.15) is 11.6 Å². The maximum atomic E-state index is 14.4. The standard InChI is InChI=1S/C22H26F2N4/c1-13(2)22(27-4)14(3)28-21-11-17(20(26)12-18(21)24)19(25)10-7-15-5-8-16(23)9-6-15/h5-13,22,25,27-28H,3,26H2,1-2,4H3/b10-7+,25-19?. The van der Waals surface area contributed by atoms with E-state index in [1.54, 1.807) is 24.3 Å². The molecule has 1 unspecified atom stereocenters. The van der Waals surface area contributed by atoms with E-state index in [2.05, 4.69) is 17.2 Å².